The average Bonchev–Trinajstić information content (AvgIpc) is 2.92. The maximum absolute atomic E-state index is 3.50. The molecule has 2 heteroatoms. The van der Waals surface area contributed by atoms with Crippen molar-refractivity contribution in [2.45, 2.75) is 59.2 Å². The van der Waals surface area contributed by atoms with Crippen LogP contribution in [0.4, 0.5) is 0 Å². The summed E-state index contributed by atoms with van der Waals surface area (Å²) in [5.41, 5.74) is 6.02. The molecule has 0 saturated carbocycles. The van der Waals surface area contributed by atoms with Gasteiger partial charge in [-0.3, -0.25) is 0 Å². The van der Waals surface area contributed by atoms with Crippen molar-refractivity contribution in [1.82, 2.24) is 0 Å². The number of hydrogen-bond acceptors (Lipinski definition) is 1. The summed E-state index contributed by atoms with van der Waals surface area (Å²) in [6.45, 7) is 11.3. The molecule has 0 aliphatic heterocycles. The highest BCUT2D eigenvalue weighted by atomic mass is 32.1. The highest BCUT2D eigenvalue weighted by Crippen LogP contribution is 2.16. The molecular formula is C19H26SSi. The van der Waals surface area contributed by atoms with E-state index < -0.39 is 8.07 Å². The molecule has 1 aromatic heterocycles. The van der Waals surface area contributed by atoms with Crippen LogP contribution in [0, 0.1) is 23.3 Å². The minimum Gasteiger partial charge on any atom is -0.135 e. The van der Waals surface area contributed by atoms with Gasteiger partial charge in [-0.1, -0.05) is 70.2 Å². The lowest BCUT2D eigenvalue weighted by molar-refractivity contribution is 0.880. The molecule has 0 nitrogen and oxygen atoms in total. The Bertz CT molecular complexity index is 577. The summed E-state index contributed by atoms with van der Waals surface area (Å²) >= 11 is 1.70. The second-order valence-corrected chi connectivity index (χ2v) is 11.9. The molecule has 0 amide bonds. The SMILES string of the molecule is CCCC(C#Cc1cccs1)=C(C#C[Si](C)(C)C)CCC. The van der Waals surface area contributed by atoms with E-state index in [0.29, 0.717) is 0 Å². The summed E-state index contributed by atoms with van der Waals surface area (Å²) < 4.78 is 0. The first-order chi connectivity index (χ1) is 9.96. The third kappa shape index (κ3) is 7.37. The fourth-order valence-electron chi connectivity index (χ4n) is 1.83. The molecule has 0 aliphatic rings. The van der Waals surface area contributed by atoms with Crippen LogP contribution in [-0.4, -0.2) is 8.07 Å². The van der Waals surface area contributed by atoms with Crippen LogP contribution in [0.25, 0.3) is 0 Å². The molecule has 0 unspecified atom stereocenters. The molecule has 0 atom stereocenters. The van der Waals surface area contributed by atoms with Crippen molar-refractivity contribution < 1.29 is 0 Å². The molecule has 1 rings (SSSR count). The van der Waals surface area contributed by atoms with Crippen LogP contribution in [0.15, 0.2) is 28.7 Å². The summed E-state index contributed by atoms with van der Waals surface area (Å²) in [7, 11) is -1.34. The predicted molar refractivity (Wildman–Crippen MR) is 99.2 cm³/mol. The van der Waals surface area contributed by atoms with Gasteiger partial charge < -0.3 is 0 Å². The number of hydrogen-bond donors (Lipinski definition) is 0. The van der Waals surface area contributed by atoms with Gasteiger partial charge >= 0.3 is 0 Å². The van der Waals surface area contributed by atoms with Crippen molar-refractivity contribution >= 4 is 19.4 Å². The molecule has 0 saturated heterocycles. The van der Waals surface area contributed by atoms with Crippen LogP contribution in [0.3, 0.4) is 0 Å². The Balaban J connectivity index is 3.16. The van der Waals surface area contributed by atoms with E-state index in [0.717, 1.165) is 30.6 Å². The molecule has 0 radical (unpaired) electrons. The lowest BCUT2D eigenvalue weighted by Crippen LogP contribution is -2.16. The molecule has 0 bridgehead atoms. The van der Waals surface area contributed by atoms with E-state index >= 15 is 0 Å². The number of allylic oxidation sites excluding steroid dienone is 2. The van der Waals surface area contributed by atoms with Crippen LogP contribution in [-0.2, 0) is 0 Å². The van der Waals surface area contributed by atoms with Gasteiger partial charge in [-0.2, -0.15) is 0 Å². The van der Waals surface area contributed by atoms with Crippen molar-refractivity contribution in [3.05, 3.63) is 33.5 Å². The van der Waals surface area contributed by atoms with Crippen molar-refractivity contribution in [1.29, 1.82) is 0 Å². The zero-order valence-corrected chi connectivity index (χ0v) is 15.8. The van der Waals surface area contributed by atoms with Crippen LogP contribution < -0.4 is 0 Å². The summed E-state index contributed by atoms with van der Waals surface area (Å²) in [5, 5.41) is 2.07. The van der Waals surface area contributed by atoms with Gasteiger partial charge in [-0.25, -0.2) is 0 Å². The maximum atomic E-state index is 3.50. The third-order valence-electron chi connectivity index (χ3n) is 2.81. The van der Waals surface area contributed by atoms with E-state index in [1.165, 1.54) is 11.1 Å². The van der Waals surface area contributed by atoms with Gasteiger partial charge in [0, 0.05) is 11.1 Å². The van der Waals surface area contributed by atoms with Crippen LogP contribution >= 0.6 is 11.3 Å². The molecule has 1 aromatic rings. The second-order valence-electron chi connectivity index (χ2n) is 6.18. The molecule has 21 heavy (non-hydrogen) atoms. The Morgan fingerprint density at radius 2 is 1.67 bits per heavy atom. The average molecular weight is 315 g/mol. The van der Waals surface area contributed by atoms with Crippen molar-refractivity contribution in [3.63, 3.8) is 0 Å². The lowest BCUT2D eigenvalue weighted by atomic mass is 10.0. The molecule has 0 N–H and O–H groups in total. The lowest BCUT2D eigenvalue weighted by Gasteiger charge is -2.07. The minimum atomic E-state index is -1.34. The van der Waals surface area contributed by atoms with E-state index in [1.54, 1.807) is 11.3 Å². The van der Waals surface area contributed by atoms with Crippen LogP contribution in [0.5, 0.6) is 0 Å². The first-order valence-corrected chi connectivity index (χ1v) is 12.1. The number of thiophene rings is 1. The Hall–Kier alpha value is -1.22. The third-order valence-corrected chi connectivity index (χ3v) is 4.47. The van der Waals surface area contributed by atoms with E-state index in [2.05, 4.69) is 74.3 Å². The quantitative estimate of drug-likeness (QED) is 0.481. The van der Waals surface area contributed by atoms with E-state index in [1.807, 2.05) is 0 Å². The van der Waals surface area contributed by atoms with Gasteiger partial charge in [-0.05, 0) is 24.3 Å². The molecule has 1 heterocycles. The summed E-state index contributed by atoms with van der Waals surface area (Å²) in [6, 6.07) is 4.13. The Morgan fingerprint density at radius 1 is 1.05 bits per heavy atom. The molecule has 0 spiro atoms. The Morgan fingerprint density at radius 3 is 2.14 bits per heavy atom. The van der Waals surface area contributed by atoms with Gasteiger partial charge in [0.15, 0.2) is 0 Å². The first kappa shape index (κ1) is 17.8. The van der Waals surface area contributed by atoms with Gasteiger partial charge in [0.2, 0.25) is 0 Å². The fraction of sp³-hybridized carbons (Fsp3) is 0.474. The largest absolute Gasteiger partial charge is 0.135 e. The zero-order valence-electron chi connectivity index (χ0n) is 14.0. The second kappa shape index (κ2) is 8.93. The van der Waals surface area contributed by atoms with E-state index in [4.69, 9.17) is 0 Å². The van der Waals surface area contributed by atoms with Gasteiger partial charge in [0.1, 0.15) is 8.07 Å². The van der Waals surface area contributed by atoms with Crippen molar-refractivity contribution in [3.8, 4) is 23.3 Å². The minimum absolute atomic E-state index is 1.04. The van der Waals surface area contributed by atoms with E-state index in [9.17, 15) is 0 Å². The maximum Gasteiger partial charge on any atom is 0.129 e. The molecule has 0 aromatic carbocycles. The predicted octanol–water partition coefficient (Wildman–Crippen LogP) is 5.88. The molecule has 0 aliphatic carbocycles. The van der Waals surface area contributed by atoms with E-state index in [-0.39, 0.29) is 0 Å². The van der Waals surface area contributed by atoms with Gasteiger partial charge in [0.05, 0.1) is 4.88 Å². The topological polar surface area (TPSA) is 0 Å². The van der Waals surface area contributed by atoms with Gasteiger partial charge in [-0.15, -0.1) is 16.9 Å². The molecular weight excluding hydrogens is 288 g/mol. The van der Waals surface area contributed by atoms with Crippen LogP contribution in [0.2, 0.25) is 19.6 Å². The Labute approximate surface area is 135 Å². The van der Waals surface area contributed by atoms with Crippen molar-refractivity contribution in [2.75, 3.05) is 0 Å². The van der Waals surface area contributed by atoms with Crippen LogP contribution in [0.1, 0.15) is 44.4 Å². The summed E-state index contributed by atoms with van der Waals surface area (Å²) in [5.74, 6) is 10.2. The molecule has 112 valence electrons. The normalized spacial score (nSPS) is 11.9. The van der Waals surface area contributed by atoms with Crippen molar-refractivity contribution in [2.24, 2.45) is 0 Å². The first-order valence-electron chi connectivity index (χ1n) is 7.77. The summed E-state index contributed by atoms with van der Waals surface area (Å²) in [4.78, 5) is 1.14. The highest BCUT2D eigenvalue weighted by Gasteiger charge is 2.09. The zero-order chi connectivity index (χ0) is 15.7. The smallest absolute Gasteiger partial charge is 0.129 e. The van der Waals surface area contributed by atoms with Gasteiger partial charge in [0.25, 0.3) is 0 Å². The molecule has 0 fully saturated rings. The monoisotopic (exact) mass is 314 g/mol. The Kier molecular flexibility index (Phi) is 7.58. The standard InChI is InChI=1S/C19H26SSi/c1-6-9-17(12-13-19-11-8-15-20-19)18(10-7-2)14-16-21(3,4)5/h8,11,15H,6-7,9-10H2,1-5H3. The summed E-state index contributed by atoms with van der Waals surface area (Å²) in [6.07, 6.45) is 4.33. The fourth-order valence-corrected chi connectivity index (χ4v) is 2.92. The highest BCUT2D eigenvalue weighted by molar-refractivity contribution is 7.10. The number of rotatable bonds is 4.